The lowest BCUT2D eigenvalue weighted by Gasteiger charge is -2.01. The molecule has 2 nitrogen and oxygen atoms in total. The van der Waals surface area contributed by atoms with Crippen LogP contribution in [0.4, 0.5) is 0 Å². The van der Waals surface area contributed by atoms with Gasteiger partial charge in [-0.3, -0.25) is 4.79 Å². The molecule has 82 valence electrons. The molecule has 0 amide bonds. The van der Waals surface area contributed by atoms with E-state index < -0.39 is 0 Å². The summed E-state index contributed by atoms with van der Waals surface area (Å²) in [5.41, 5.74) is 0.436. The van der Waals surface area contributed by atoms with Gasteiger partial charge >= 0.3 is 0 Å². The van der Waals surface area contributed by atoms with Crippen LogP contribution in [0.3, 0.4) is 0 Å². The average Bonchev–Trinajstić information content (AvgIpc) is 2.67. The Morgan fingerprint density at radius 3 is 2.69 bits per heavy atom. The van der Waals surface area contributed by atoms with E-state index in [2.05, 4.69) is 15.9 Å². The fourth-order valence-corrected chi connectivity index (χ4v) is 1.93. The highest BCUT2D eigenvalue weighted by molar-refractivity contribution is 9.10. The Balaban J connectivity index is 2.45. The zero-order chi connectivity index (χ0) is 11.7. The van der Waals surface area contributed by atoms with Crippen molar-refractivity contribution in [3.63, 3.8) is 0 Å². The van der Waals surface area contributed by atoms with Crippen molar-refractivity contribution in [3.05, 3.63) is 56.9 Å². The zero-order valence-electron chi connectivity index (χ0n) is 8.46. The number of aryl methyl sites for hydroxylation is 1. The molecule has 0 spiro atoms. The van der Waals surface area contributed by atoms with Gasteiger partial charge in [-0.2, -0.15) is 0 Å². The van der Waals surface area contributed by atoms with Crippen molar-refractivity contribution in [3.8, 4) is 0 Å². The zero-order valence-corrected chi connectivity index (χ0v) is 10.8. The molecule has 0 atom stereocenters. The summed E-state index contributed by atoms with van der Waals surface area (Å²) in [6.07, 6.45) is 0. The van der Waals surface area contributed by atoms with E-state index in [0.29, 0.717) is 22.1 Å². The summed E-state index contributed by atoms with van der Waals surface area (Å²) in [6, 6.07) is 8.54. The van der Waals surface area contributed by atoms with E-state index in [1.165, 1.54) is 0 Å². The van der Waals surface area contributed by atoms with Crippen LogP contribution in [-0.4, -0.2) is 5.78 Å². The predicted octanol–water partition coefficient (Wildman–Crippen LogP) is 4.23. The van der Waals surface area contributed by atoms with E-state index in [4.69, 9.17) is 16.0 Å². The Kier molecular flexibility index (Phi) is 3.17. The molecule has 4 heteroatoms. The first-order chi connectivity index (χ1) is 7.58. The van der Waals surface area contributed by atoms with Crippen molar-refractivity contribution < 1.29 is 9.21 Å². The van der Waals surface area contributed by atoms with Gasteiger partial charge in [-0.25, -0.2) is 0 Å². The summed E-state index contributed by atoms with van der Waals surface area (Å²) in [5, 5.41) is 0.419. The highest BCUT2D eigenvalue weighted by atomic mass is 79.9. The first kappa shape index (κ1) is 11.4. The van der Waals surface area contributed by atoms with Crippen molar-refractivity contribution in [2.75, 3.05) is 0 Å². The quantitative estimate of drug-likeness (QED) is 0.777. The van der Waals surface area contributed by atoms with E-state index in [1.807, 2.05) is 0 Å². The van der Waals surface area contributed by atoms with Crippen molar-refractivity contribution in [1.29, 1.82) is 0 Å². The minimum Gasteiger partial charge on any atom is -0.458 e. The Hall–Kier alpha value is -1.06. The lowest BCUT2D eigenvalue weighted by atomic mass is 10.1. The second-order valence-corrected chi connectivity index (χ2v) is 4.69. The first-order valence-electron chi connectivity index (χ1n) is 4.64. The Morgan fingerprint density at radius 1 is 1.31 bits per heavy atom. The number of benzene rings is 1. The van der Waals surface area contributed by atoms with Crippen LogP contribution in [-0.2, 0) is 0 Å². The third-order valence-corrected chi connectivity index (χ3v) is 2.96. The van der Waals surface area contributed by atoms with Gasteiger partial charge in [0.05, 0.1) is 5.02 Å². The summed E-state index contributed by atoms with van der Waals surface area (Å²) in [6.45, 7) is 1.79. The summed E-state index contributed by atoms with van der Waals surface area (Å²) in [5.74, 6) is 0.798. The molecular weight excluding hydrogens is 291 g/mol. The molecule has 0 N–H and O–H groups in total. The molecule has 0 saturated heterocycles. The number of carbonyl (C=O) groups excluding carboxylic acids is 1. The molecule has 1 aromatic heterocycles. The largest absolute Gasteiger partial charge is 0.458 e. The maximum absolute atomic E-state index is 12.0. The minimum atomic E-state index is -0.209. The number of rotatable bonds is 2. The van der Waals surface area contributed by atoms with Crippen LogP contribution in [0.1, 0.15) is 21.9 Å². The Labute approximate surface area is 106 Å². The molecule has 1 aromatic carbocycles. The molecule has 0 aliphatic carbocycles. The Bertz CT molecular complexity index is 546. The smallest absolute Gasteiger partial charge is 0.229 e. The SMILES string of the molecule is Cc1ccc(C(=O)c2cc(Br)ccc2Cl)o1. The maximum Gasteiger partial charge on any atom is 0.229 e. The van der Waals surface area contributed by atoms with E-state index in [0.717, 1.165) is 4.47 Å². The molecule has 1 heterocycles. The fraction of sp³-hybridized carbons (Fsp3) is 0.0833. The number of halogens is 2. The molecular formula is C12H8BrClO2. The van der Waals surface area contributed by atoms with Crippen LogP contribution in [0.25, 0.3) is 0 Å². The third-order valence-electron chi connectivity index (χ3n) is 2.14. The molecule has 2 aromatic rings. The van der Waals surface area contributed by atoms with Gasteiger partial charge in [0.1, 0.15) is 5.76 Å². The molecule has 0 fully saturated rings. The molecule has 2 rings (SSSR count). The van der Waals surface area contributed by atoms with Crippen LogP contribution >= 0.6 is 27.5 Å². The fourth-order valence-electron chi connectivity index (χ4n) is 1.36. The number of carbonyl (C=O) groups is 1. The van der Waals surface area contributed by atoms with Crippen LogP contribution in [0, 0.1) is 6.92 Å². The number of hydrogen-bond donors (Lipinski definition) is 0. The van der Waals surface area contributed by atoms with Crippen molar-refractivity contribution in [2.24, 2.45) is 0 Å². The van der Waals surface area contributed by atoms with Crippen LogP contribution in [0.15, 0.2) is 39.2 Å². The molecule has 0 aliphatic heterocycles. The van der Waals surface area contributed by atoms with Gasteiger partial charge in [-0.1, -0.05) is 27.5 Å². The molecule has 0 bridgehead atoms. The van der Waals surface area contributed by atoms with Gasteiger partial charge in [0.25, 0.3) is 0 Å². The molecule has 0 saturated carbocycles. The van der Waals surface area contributed by atoms with Crippen LogP contribution in [0.5, 0.6) is 0 Å². The molecule has 0 aliphatic rings. The highest BCUT2D eigenvalue weighted by Gasteiger charge is 2.16. The van der Waals surface area contributed by atoms with Gasteiger partial charge in [-0.15, -0.1) is 0 Å². The van der Waals surface area contributed by atoms with Crippen LogP contribution < -0.4 is 0 Å². The van der Waals surface area contributed by atoms with Crippen molar-refractivity contribution >= 4 is 33.3 Å². The number of ketones is 1. The second kappa shape index (κ2) is 4.44. The average molecular weight is 300 g/mol. The molecule has 0 radical (unpaired) electrons. The van der Waals surface area contributed by atoms with Crippen molar-refractivity contribution in [1.82, 2.24) is 0 Å². The van der Waals surface area contributed by atoms with Gasteiger partial charge < -0.3 is 4.42 Å². The second-order valence-electron chi connectivity index (χ2n) is 3.36. The normalized spacial score (nSPS) is 10.4. The summed E-state index contributed by atoms with van der Waals surface area (Å²) >= 11 is 9.27. The molecule has 16 heavy (non-hydrogen) atoms. The summed E-state index contributed by atoms with van der Waals surface area (Å²) in [7, 11) is 0. The van der Waals surface area contributed by atoms with Gasteiger partial charge in [0.15, 0.2) is 5.76 Å². The van der Waals surface area contributed by atoms with Crippen molar-refractivity contribution in [2.45, 2.75) is 6.92 Å². The van der Waals surface area contributed by atoms with E-state index in [-0.39, 0.29) is 5.78 Å². The standard InChI is InChI=1S/C12H8BrClO2/c1-7-2-5-11(16-7)12(15)9-6-8(13)3-4-10(9)14/h2-6H,1H3. The highest BCUT2D eigenvalue weighted by Crippen LogP contribution is 2.24. The maximum atomic E-state index is 12.0. The topological polar surface area (TPSA) is 30.2 Å². The van der Waals surface area contributed by atoms with Gasteiger partial charge in [0.2, 0.25) is 5.78 Å². The van der Waals surface area contributed by atoms with Crippen LogP contribution in [0.2, 0.25) is 5.02 Å². The lowest BCUT2D eigenvalue weighted by Crippen LogP contribution is -2.00. The summed E-state index contributed by atoms with van der Waals surface area (Å²) < 4.78 is 6.08. The number of furan rings is 1. The van der Waals surface area contributed by atoms with E-state index >= 15 is 0 Å². The predicted molar refractivity (Wildman–Crippen MR) is 66.0 cm³/mol. The Morgan fingerprint density at radius 2 is 2.06 bits per heavy atom. The first-order valence-corrected chi connectivity index (χ1v) is 5.81. The van der Waals surface area contributed by atoms with Gasteiger partial charge in [-0.05, 0) is 37.3 Å². The number of hydrogen-bond acceptors (Lipinski definition) is 2. The minimum absolute atomic E-state index is 0.209. The summed E-state index contributed by atoms with van der Waals surface area (Å²) in [4.78, 5) is 12.0. The monoisotopic (exact) mass is 298 g/mol. The van der Waals surface area contributed by atoms with E-state index in [1.54, 1.807) is 37.3 Å². The lowest BCUT2D eigenvalue weighted by molar-refractivity contribution is 0.101. The molecule has 0 unspecified atom stereocenters. The van der Waals surface area contributed by atoms with E-state index in [9.17, 15) is 4.79 Å². The third kappa shape index (κ3) is 2.20. The van der Waals surface area contributed by atoms with Gasteiger partial charge in [0, 0.05) is 10.0 Å².